The van der Waals surface area contributed by atoms with Crippen LogP contribution < -0.4 is 9.47 Å². The molecule has 0 N–H and O–H groups in total. The van der Waals surface area contributed by atoms with Crippen molar-refractivity contribution >= 4 is 17.0 Å². The predicted molar refractivity (Wildman–Crippen MR) is 126 cm³/mol. The molecule has 160 valence electrons. The topological polar surface area (TPSA) is 34.1 Å². The van der Waals surface area contributed by atoms with Crippen LogP contribution in [-0.4, -0.2) is 17.3 Å². The van der Waals surface area contributed by atoms with Gasteiger partial charge in [0, 0.05) is 17.5 Å². The number of rotatable bonds is 8. The molecule has 2 aliphatic rings. The minimum Gasteiger partial charge on any atom is -0.494 e. The minimum atomic E-state index is -0.240. The lowest BCUT2D eigenvalue weighted by Crippen LogP contribution is -2.33. The van der Waals surface area contributed by atoms with Gasteiger partial charge in [-0.1, -0.05) is 50.5 Å². The van der Waals surface area contributed by atoms with E-state index in [4.69, 9.17) is 14.6 Å². The SMILES string of the molecule is CCCCCCOc1ccc(C2Oc3ccccc3C3CC(c4cccs4)=NN32)cc1. The van der Waals surface area contributed by atoms with Crippen LogP contribution in [0.4, 0.5) is 0 Å². The quantitative estimate of drug-likeness (QED) is 0.361. The molecule has 0 amide bonds. The summed E-state index contributed by atoms with van der Waals surface area (Å²) in [7, 11) is 0. The summed E-state index contributed by atoms with van der Waals surface area (Å²) in [5, 5.41) is 9.26. The van der Waals surface area contributed by atoms with E-state index in [1.807, 2.05) is 18.2 Å². The summed E-state index contributed by atoms with van der Waals surface area (Å²) < 4.78 is 12.4. The molecule has 0 aliphatic carbocycles. The zero-order chi connectivity index (χ0) is 21.0. The molecule has 3 aromatic rings. The van der Waals surface area contributed by atoms with Crippen LogP contribution >= 0.6 is 11.3 Å². The van der Waals surface area contributed by atoms with Gasteiger partial charge >= 0.3 is 0 Å². The number of unbranched alkanes of at least 4 members (excludes halogenated alkanes) is 3. The second-order valence-electron chi connectivity index (χ2n) is 8.11. The Morgan fingerprint density at radius 2 is 1.90 bits per heavy atom. The molecule has 31 heavy (non-hydrogen) atoms. The third-order valence-corrected chi connectivity index (χ3v) is 6.86. The van der Waals surface area contributed by atoms with Gasteiger partial charge in [0.25, 0.3) is 0 Å². The van der Waals surface area contributed by atoms with Crippen molar-refractivity contribution in [2.75, 3.05) is 6.61 Å². The first-order chi connectivity index (χ1) is 15.3. The van der Waals surface area contributed by atoms with Gasteiger partial charge in [-0.15, -0.1) is 11.3 Å². The monoisotopic (exact) mass is 432 g/mol. The van der Waals surface area contributed by atoms with Crippen LogP contribution in [0.15, 0.2) is 71.1 Å². The Morgan fingerprint density at radius 1 is 1.03 bits per heavy atom. The van der Waals surface area contributed by atoms with E-state index in [9.17, 15) is 0 Å². The van der Waals surface area contributed by atoms with E-state index in [0.29, 0.717) is 0 Å². The van der Waals surface area contributed by atoms with Crippen molar-refractivity contribution < 1.29 is 9.47 Å². The average Bonchev–Trinajstić information content (AvgIpc) is 3.49. The van der Waals surface area contributed by atoms with Crippen molar-refractivity contribution in [3.05, 3.63) is 82.0 Å². The molecule has 4 nitrogen and oxygen atoms in total. The Balaban J connectivity index is 1.37. The zero-order valence-corrected chi connectivity index (χ0v) is 18.7. The third kappa shape index (κ3) is 4.19. The smallest absolute Gasteiger partial charge is 0.213 e. The van der Waals surface area contributed by atoms with Gasteiger partial charge in [0.15, 0.2) is 0 Å². The second kappa shape index (κ2) is 9.15. The van der Waals surface area contributed by atoms with Gasteiger partial charge in [0.05, 0.1) is 23.2 Å². The largest absolute Gasteiger partial charge is 0.494 e. The molecule has 2 aromatic carbocycles. The van der Waals surface area contributed by atoms with Crippen LogP contribution in [0.3, 0.4) is 0 Å². The maximum atomic E-state index is 6.44. The fraction of sp³-hybridized carbons (Fsp3) is 0.346. The average molecular weight is 433 g/mol. The van der Waals surface area contributed by atoms with E-state index in [1.54, 1.807) is 11.3 Å². The Labute approximate surface area is 188 Å². The summed E-state index contributed by atoms with van der Waals surface area (Å²) in [6.45, 7) is 3.00. The zero-order valence-electron chi connectivity index (χ0n) is 17.9. The molecule has 5 rings (SSSR count). The standard InChI is InChI=1S/C26H28N2O2S/c1-2-3-4-7-16-29-20-14-12-19(13-15-20)26-28-23(21-9-5-6-10-24(21)30-26)18-22(27-28)25-11-8-17-31-25/h5-6,8-15,17,23,26H,2-4,7,16,18H2,1H3. The summed E-state index contributed by atoms with van der Waals surface area (Å²) in [5.41, 5.74) is 3.44. The summed E-state index contributed by atoms with van der Waals surface area (Å²) >= 11 is 1.74. The predicted octanol–water partition coefficient (Wildman–Crippen LogP) is 6.95. The molecule has 0 spiro atoms. The fourth-order valence-corrected chi connectivity index (χ4v) is 5.01. The number of hydrogen-bond donors (Lipinski definition) is 0. The number of hydrogen-bond acceptors (Lipinski definition) is 5. The van der Waals surface area contributed by atoms with Gasteiger partial charge < -0.3 is 9.47 Å². The Morgan fingerprint density at radius 3 is 2.71 bits per heavy atom. The van der Waals surface area contributed by atoms with E-state index in [-0.39, 0.29) is 12.3 Å². The maximum absolute atomic E-state index is 6.44. The highest BCUT2D eigenvalue weighted by molar-refractivity contribution is 7.12. The van der Waals surface area contributed by atoms with Crippen LogP contribution in [-0.2, 0) is 0 Å². The number of thiophene rings is 1. The van der Waals surface area contributed by atoms with Crippen molar-refractivity contribution in [2.24, 2.45) is 5.10 Å². The first-order valence-electron chi connectivity index (χ1n) is 11.2. The minimum absolute atomic E-state index is 0.196. The lowest BCUT2D eigenvalue weighted by Gasteiger charge is -2.38. The van der Waals surface area contributed by atoms with Crippen molar-refractivity contribution in [1.82, 2.24) is 5.01 Å². The highest BCUT2D eigenvalue weighted by atomic mass is 32.1. The molecule has 2 aliphatic heterocycles. The van der Waals surface area contributed by atoms with E-state index in [0.717, 1.165) is 42.2 Å². The van der Waals surface area contributed by atoms with Crippen molar-refractivity contribution in [2.45, 2.75) is 51.3 Å². The summed E-state index contributed by atoms with van der Waals surface area (Å²) in [5.74, 6) is 1.87. The molecule has 3 heterocycles. The third-order valence-electron chi connectivity index (χ3n) is 5.94. The van der Waals surface area contributed by atoms with Crippen LogP contribution in [0.2, 0.25) is 0 Å². The number of hydrazone groups is 1. The van der Waals surface area contributed by atoms with Crippen LogP contribution in [0, 0.1) is 0 Å². The van der Waals surface area contributed by atoms with Gasteiger partial charge in [0.1, 0.15) is 11.5 Å². The summed E-state index contributed by atoms with van der Waals surface area (Å²) in [6.07, 6.45) is 5.51. The van der Waals surface area contributed by atoms with Crippen LogP contribution in [0.5, 0.6) is 11.5 Å². The van der Waals surface area contributed by atoms with Gasteiger partial charge in [-0.3, -0.25) is 0 Å². The van der Waals surface area contributed by atoms with E-state index >= 15 is 0 Å². The van der Waals surface area contributed by atoms with Crippen LogP contribution in [0.1, 0.15) is 67.3 Å². The molecule has 0 fully saturated rings. The molecule has 2 unspecified atom stereocenters. The van der Waals surface area contributed by atoms with Crippen LogP contribution in [0.25, 0.3) is 0 Å². The Hall–Kier alpha value is -2.79. The van der Waals surface area contributed by atoms with E-state index in [1.165, 1.54) is 29.7 Å². The van der Waals surface area contributed by atoms with Crippen molar-refractivity contribution in [3.63, 3.8) is 0 Å². The highest BCUT2D eigenvalue weighted by Gasteiger charge is 2.40. The van der Waals surface area contributed by atoms with Crippen molar-refractivity contribution in [3.8, 4) is 11.5 Å². The normalized spacial score (nSPS) is 19.4. The Kier molecular flexibility index (Phi) is 5.94. The van der Waals surface area contributed by atoms with Gasteiger partial charge in [0.2, 0.25) is 6.23 Å². The van der Waals surface area contributed by atoms with E-state index in [2.05, 4.69) is 59.8 Å². The lowest BCUT2D eigenvalue weighted by atomic mass is 9.98. The molecular weight excluding hydrogens is 404 g/mol. The first-order valence-corrected chi connectivity index (χ1v) is 12.1. The number of nitrogens with zero attached hydrogens (tertiary/aromatic N) is 2. The molecule has 0 bridgehead atoms. The Bertz CT molecular complexity index is 1030. The molecule has 0 saturated carbocycles. The highest BCUT2D eigenvalue weighted by Crippen LogP contribution is 2.47. The summed E-state index contributed by atoms with van der Waals surface area (Å²) in [4.78, 5) is 1.23. The molecular formula is C26H28N2O2S. The number of benzene rings is 2. The van der Waals surface area contributed by atoms with Gasteiger partial charge in [-0.25, -0.2) is 5.01 Å². The van der Waals surface area contributed by atoms with Crippen molar-refractivity contribution in [1.29, 1.82) is 0 Å². The molecule has 5 heteroatoms. The lowest BCUT2D eigenvalue weighted by molar-refractivity contribution is -0.0190. The molecule has 2 atom stereocenters. The van der Waals surface area contributed by atoms with Gasteiger partial charge in [-0.2, -0.15) is 5.10 Å². The number of ether oxygens (including phenoxy) is 2. The molecule has 0 radical (unpaired) electrons. The maximum Gasteiger partial charge on any atom is 0.213 e. The molecule has 1 aromatic heterocycles. The first kappa shape index (κ1) is 20.1. The molecule has 0 saturated heterocycles. The number of fused-ring (bicyclic) bond motifs is 3. The van der Waals surface area contributed by atoms with Gasteiger partial charge in [-0.05, 0) is 48.2 Å². The number of para-hydroxylation sites is 1. The van der Waals surface area contributed by atoms with E-state index < -0.39 is 0 Å². The second-order valence-corrected chi connectivity index (χ2v) is 9.06. The fourth-order valence-electron chi connectivity index (χ4n) is 4.29. The summed E-state index contributed by atoms with van der Waals surface area (Å²) in [6, 6.07) is 21.1.